The molecule has 5 atom stereocenters. The van der Waals surface area contributed by atoms with E-state index >= 15 is 0 Å². The van der Waals surface area contributed by atoms with Crippen molar-refractivity contribution in [1.82, 2.24) is 0 Å². The van der Waals surface area contributed by atoms with Gasteiger partial charge in [0.1, 0.15) is 36.3 Å². The number of nitriles is 1. The third kappa shape index (κ3) is 5.55. The summed E-state index contributed by atoms with van der Waals surface area (Å²) in [6.07, 6.45) is -6.22. The number of hydrogen-bond donors (Lipinski definition) is 4. The van der Waals surface area contributed by atoms with Gasteiger partial charge >= 0.3 is 0 Å². The van der Waals surface area contributed by atoms with Crippen LogP contribution in [0.25, 0.3) is 0 Å². The molecule has 178 valence electrons. The van der Waals surface area contributed by atoms with Crippen molar-refractivity contribution < 1.29 is 29.9 Å². The second kappa shape index (κ2) is 10.6. The number of aliphatic hydroxyl groups is 4. The molecule has 1 aliphatic rings. The maximum Gasteiger partial charge on any atom is 0.126 e. The largest absolute Gasteiger partial charge is 0.491 e. The standard InChI is InChI=1S/C26H33NO6/c1-14(2)17-7-5-16(6-8-17)9-18-10-20(21(32-15(3)4)11-19(18)12-27)26-25(31)24(30)23(29)22(13-28)33-26/h5-8,10-11,14-15,22-26,28-31H,9,13H2,1-4H3/t22-,23-,24+,25-,26+/m1/s1. The fraction of sp³-hybridized carbons (Fsp3) is 0.500. The number of nitrogens with zero attached hydrogens (tertiary/aromatic N) is 1. The summed E-state index contributed by atoms with van der Waals surface area (Å²) in [5.74, 6) is 0.767. The van der Waals surface area contributed by atoms with Gasteiger partial charge in [0.15, 0.2) is 0 Å². The maximum atomic E-state index is 10.7. The lowest BCUT2D eigenvalue weighted by Crippen LogP contribution is -2.55. The summed E-state index contributed by atoms with van der Waals surface area (Å²) >= 11 is 0. The second-order valence-electron chi connectivity index (χ2n) is 9.15. The van der Waals surface area contributed by atoms with E-state index in [1.54, 1.807) is 12.1 Å². The van der Waals surface area contributed by atoms with Gasteiger partial charge in [0.25, 0.3) is 0 Å². The maximum absolute atomic E-state index is 10.7. The first-order valence-corrected chi connectivity index (χ1v) is 11.3. The van der Waals surface area contributed by atoms with E-state index < -0.39 is 37.1 Å². The van der Waals surface area contributed by atoms with Gasteiger partial charge in [0, 0.05) is 5.56 Å². The summed E-state index contributed by atoms with van der Waals surface area (Å²) in [5, 5.41) is 50.5. The van der Waals surface area contributed by atoms with Crippen LogP contribution >= 0.6 is 0 Å². The first kappa shape index (κ1) is 25.2. The Morgan fingerprint density at radius 3 is 2.21 bits per heavy atom. The second-order valence-corrected chi connectivity index (χ2v) is 9.15. The lowest BCUT2D eigenvalue weighted by atomic mass is 9.88. The van der Waals surface area contributed by atoms with Gasteiger partial charge in [0.2, 0.25) is 0 Å². The van der Waals surface area contributed by atoms with E-state index in [4.69, 9.17) is 9.47 Å². The molecule has 0 radical (unpaired) electrons. The minimum Gasteiger partial charge on any atom is -0.491 e. The van der Waals surface area contributed by atoms with Crippen molar-refractivity contribution in [2.75, 3.05) is 6.61 Å². The van der Waals surface area contributed by atoms with Crippen LogP contribution in [-0.2, 0) is 11.2 Å². The van der Waals surface area contributed by atoms with Crippen LogP contribution in [0, 0.1) is 11.3 Å². The van der Waals surface area contributed by atoms with Gasteiger partial charge in [-0.2, -0.15) is 5.26 Å². The van der Waals surface area contributed by atoms with E-state index in [0.717, 1.165) is 11.1 Å². The highest BCUT2D eigenvalue weighted by Crippen LogP contribution is 2.39. The predicted octanol–water partition coefficient (Wildman–Crippen LogP) is 2.57. The molecule has 3 rings (SSSR count). The Kier molecular flexibility index (Phi) is 8.11. The molecule has 1 heterocycles. The third-order valence-corrected chi connectivity index (χ3v) is 5.96. The Hall–Kier alpha value is -2.47. The summed E-state index contributed by atoms with van der Waals surface area (Å²) in [5.41, 5.74) is 3.85. The summed E-state index contributed by atoms with van der Waals surface area (Å²) in [7, 11) is 0. The molecule has 7 nitrogen and oxygen atoms in total. The van der Waals surface area contributed by atoms with Crippen molar-refractivity contribution in [2.24, 2.45) is 0 Å². The SMILES string of the molecule is CC(C)Oc1cc(C#N)c(Cc2ccc(C(C)C)cc2)cc1[C@@H]1O[C@H](CO)[C@@H](O)[C@H](O)[C@H]1O. The lowest BCUT2D eigenvalue weighted by Gasteiger charge is -2.40. The molecule has 33 heavy (non-hydrogen) atoms. The van der Waals surface area contributed by atoms with Crippen molar-refractivity contribution in [2.45, 2.75) is 76.7 Å². The van der Waals surface area contributed by atoms with Gasteiger partial charge in [-0.1, -0.05) is 38.1 Å². The smallest absolute Gasteiger partial charge is 0.126 e. The highest BCUT2D eigenvalue weighted by Gasteiger charge is 2.45. The van der Waals surface area contributed by atoms with Crippen molar-refractivity contribution in [3.63, 3.8) is 0 Å². The molecule has 0 unspecified atom stereocenters. The van der Waals surface area contributed by atoms with Crippen LogP contribution in [0.1, 0.15) is 67.5 Å². The van der Waals surface area contributed by atoms with E-state index in [1.165, 1.54) is 5.56 Å². The molecule has 0 bridgehead atoms. The Morgan fingerprint density at radius 1 is 1.00 bits per heavy atom. The minimum atomic E-state index is -1.50. The molecule has 0 aliphatic carbocycles. The number of benzene rings is 2. The number of aliphatic hydroxyl groups excluding tert-OH is 4. The summed E-state index contributed by atoms with van der Waals surface area (Å²) in [6.45, 7) is 7.42. The van der Waals surface area contributed by atoms with Crippen molar-refractivity contribution in [3.05, 3.63) is 64.2 Å². The first-order valence-electron chi connectivity index (χ1n) is 11.3. The van der Waals surface area contributed by atoms with Crippen LogP contribution in [0.5, 0.6) is 5.75 Å². The number of ether oxygens (including phenoxy) is 2. The number of rotatable bonds is 7. The topological polar surface area (TPSA) is 123 Å². The molecule has 0 spiro atoms. The molecule has 0 aromatic heterocycles. The molecule has 2 aromatic carbocycles. The molecule has 1 saturated heterocycles. The zero-order valence-corrected chi connectivity index (χ0v) is 19.5. The van der Waals surface area contributed by atoms with Crippen molar-refractivity contribution in [3.8, 4) is 11.8 Å². The summed E-state index contributed by atoms with van der Waals surface area (Å²) in [4.78, 5) is 0. The normalized spacial score (nSPS) is 25.3. The van der Waals surface area contributed by atoms with Crippen LogP contribution in [0.3, 0.4) is 0 Å². The molecule has 1 aliphatic heterocycles. The van der Waals surface area contributed by atoms with Gasteiger partial charge in [-0.25, -0.2) is 0 Å². The van der Waals surface area contributed by atoms with E-state index in [0.29, 0.717) is 29.2 Å². The average Bonchev–Trinajstić information content (AvgIpc) is 2.78. The third-order valence-electron chi connectivity index (χ3n) is 5.96. The highest BCUT2D eigenvalue weighted by atomic mass is 16.5. The van der Waals surface area contributed by atoms with Crippen molar-refractivity contribution >= 4 is 0 Å². The van der Waals surface area contributed by atoms with E-state index in [9.17, 15) is 25.7 Å². The monoisotopic (exact) mass is 455 g/mol. The quantitative estimate of drug-likeness (QED) is 0.506. The number of hydrogen-bond acceptors (Lipinski definition) is 7. The Bertz CT molecular complexity index is 980. The zero-order valence-electron chi connectivity index (χ0n) is 19.5. The molecule has 0 amide bonds. The molecule has 2 aromatic rings. The fourth-order valence-electron chi connectivity index (χ4n) is 4.07. The first-order chi connectivity index (χ1) is 15.7. The van der Waals surface area contributed by atoms with Crippen LogP contribution < -0.4 is 4.74 Å². The van der Waals surface area contributed by atoms with Gasteiger partial charge in [-0.3, -0.25) is 0 Å². The van der Waals surface area contributed by atoms with E-state index in [1.807, 2.05) is 26.0 Å². The molecule has 7 heteroatoms. The average molecular weight is 456 g/mol. The van der Waals surface area contributed by atoms with Crippen LogP contribution in [0.2, 0.25) is 0 Å². The van der Waals surface area contributed by atoms with Gasteiger partial charge in [0.05, 0.1) is 24.3 Å². The summed E-state index contributed by atoms with van der Waals surface area (Å²) in [6, 6.07) is 13.8. The fourth-order valence-corrected chi connectivity index (χ4v) is 4.07. The molecule has 1 fully saturated rings. The van der Waals surface area contributed by atoms with Crippen LogP contribution in [0.15, 0.2) is 36.4 Å². The molecular formula is C26H33NO6. The predicted molar refractivity (Wildman–Crippen MR) is 123 cm³/mol. The lowest BCUT2D eigenvalue weighted by molar-refractivity contribution is -0.232. The molecular weight excluding hydrogens is 422 g/mol. The zero-order chi connectivity index (χ0) is 24.3. The van der Waals surface area contributed by atoms with Crippen LogP contribution in [0.4, 0.5) is 0 Å². The van der Waals surface area contributed by atoms with Crippen LogP contribution in [-0.4, -0.2) is 57.6 Å². The van der Waals surface area contributed by atoms with Crippen molar-refractivity contribution in [1.29, 1.82) is 5.26 Å². The minimum absolute atomic E-state index is 0.213. The highest BCUT2D eigenvalue weighted by molar-refractivity contribution is 5.51. The summed E-state index contributed by atoms with van der Waals surface area (Å²) < 4.78 is 11.7. The van der Waals surface area contributed by atoms with Gasteiger partial charge in [-0.15, -0.1) is 0 Å². The van der Waals surface area contributed by atoms with E-state index in [2.05, 4.69) is 32.0 Å². The Labute approximate surface area is 194 Å². The molecule has 4 N–H and O–H groups in total. The Balaban J connectivity index is 2.05. The Morgan fingerprint density at radius 2 is 1.67 bits per heavy atom. The van der Waals surface area contributed by atoms with Gasteiger partial charge in [-0.05, 0) is 55.0 Å². The van der Waals surface area contributed by atoms with Gasteiger partial charge < -0.3 is 29.9 Å². The van der Waals surface area contributed by atoms with E-state index in [-0.39, 0.29) is 6.10 Å². The molecule has 0 saturated carbocycles.